The van der Waals surface area contributed by atoms with Crippen LogP contribution in [0.1, 0.15) is 41.0 Å². The molecule has 0 saturated heterocycles. The van der Waals surface area contributed by atoms with E-state index in [1.54, 1.807) is 12.1 Å². The Morgan fingerprint density at radius 3 is 2.46 bits per heavy atom. The molecule has 3 aromatic rings. The van der Waals surface area contributed by atoms with Gasteiger partial charge in [-0.15, -0.1) is 0 Å². The van der Waals surface area contributed by atoms with Gasteiger partial charge in [0.15, 0.2) is 5.82 Å². The van der Waals surface area contributed by atoms with Gasteiger partial charge in [-0.2, -0.15) is 5.10 Å². The van der Waals surface area contributed by atoms with Crippen LogP contribution in [-0.4, -0.2) is 21.0 Å². The summed E-state index contributed by atoms with van der Waals surface area (Å²) in [5.41, 5.74) is 3.86. The number of nitrogens with one attached hydrogen (secondary N) is 2. The lowest BCUT2D eigenvalue weighted by Gasteiger charge is -2.31. The van der Waals surface area contributed by atoms with Crippen molar-refractivity contribution in [3.8, 4) is 0 Å². The molecule has 0 unspecified atom stereocenters. The Bertz CT molecular complexity index is 916. The molecule has 1 aromatic heterocycles. The maximum atomic E-state index is 12.5. The van der Waals surface area contributed by atoms with Gasteiger partial charge in [-0.1, -0.05) is 48.5 Å². The third-order valence-electron chi connectivity index (χ3n) is 5.10. The quantitative estimate of drug-likeness (QED) is 0.753. The summed E-state index contributed by atoms with van der Waals surface area (Å²) in [6, 6.07) is 19.6. The number of aromatic amines is 1. The first-order valence-corrected chi connectivity index (χ1v) is 8.79. The molecule has 26 heavy (non-hydrogen) atoms. The van der Waals surface area contributed by atoms with E-state index in [-0.39, 0.29) is 11.4 Å². The predicted octanol–water partition coefficient (Wildman–Crippen LogP) is 3.91. The van der Waals surface area contributed by atoms with Gasteiger partial charge in [-0.3, -0.25) is 14.8 Å². The molecular weight excluding hydrogens is 324 g/mol. The number of amides is 1. The van der Waals surface area contributed by atoms with Crippen molar-refractivity contribution < 1.29 is 4.79 Å². The number of carbonyl (C=O) groups excluding carboxylic acids is 1. The Kier molecular flexibility index (Phi) is 4.09. The molecule has 1 aliphatic heterocycles. The average Bonchev–Trinajstić information content (AvgIpc) is 3.16. The standard InChI is InChI=1S/C21H22N4O/c1-21(2)18-17(14-25(21)13-15-9-5-3-6-10-15)19(24-23-18)22-20(26)16-11-7-4-8-12-16/h3-12H,13-14H2,1-2H3,(H2,22,23,24,26). The summed E-state index contributed by atoms with van der Waals surface area (Å²) in [6.07, 6.45) is 0. The van der Waals surface area contributed by atoms with Crippen molar-refractivity contribution in [2.75, 3.05) is 5.32 Å². The Labute approximate surface area is 153 Å². The normalized spacial score (nSPS) is 15.6. The first-order chi connectivity index (χ1) is 12.6. The SMILES string of the molecule is CC1(C)c2[nH]nc(NC(=O)c3ccccc3)c2CN1Cc1ccccc1. The van der Waals surface area contributed by atoms with Crippen LogP contribution in [-0.2, 0) is 18.6 Å². The lowest BCUT2D eigenvalue weighted by atomic mass is 10.00. The molecule has 0 saturated carbocycles. The van der Waals surface area contributed by atoms with E-state index >= 15 is 0 Å². The zero-order chi connectivity index (χ0) is 18.1. The highest BCUT2D eigenvalue weighted by molar-refractivity contribution is 6.04. The summed E-state index contributed by atoms with van der Waals surface area (Å²) in [5.74, 6) is 0.483. The summed E-state index contributed by atoms with van der Waals surface area (Å²) in [5, 5.41) is 10.5. The van der Waals surface area contributed by atoms with E-state index in [0.717, 1.165) is 24.3 Å². The summed E-state index contributed by atoms with van der Waals surface area (Å²) >= 11 is 0. The third-order valence-corrected chi connectivity index (χ3v) is 5.10. The van der Waals surface area contributed by atoms with Crippen LogP contribution in [0.25, 0.3) is 0 Å². The summed E-state index contributed by atoms with van der Waals surface area (Å²) in [4.78, 5) is 14.9. The zero-order valence-corrected chi connectivity index (χ0v) is 15.0. The van der Waals surface area contributed by atoms with Crippen molar-refractivity contribution in [3.05, 3.63) is 83.0 Å². The molecule has 2 aromatic carbocycles. The van der Waals surface area contributed by atoms with E-state index in [9.17, 15) is 4.79 Å². The number of H-pyrrole nitrogens is 1. The molecule has 2 heterocycles. The minimum Gasteiger partial charge on any atom is -0.305 e. The van der Waals surface area contributed by atoms with Crippen LogP contribution in [0.2, 0.25) is 0 Å². The summed E-state index contributed by atoms with van der Waals surface area (Å²) < 4.78 is 0. The van der Waals surface area contributed by atoms with Gasteiger partial charge >= 0.3 is 0 Å². The largest absolute Gasteiger partial charge is 0.305 e. The second kappa shape index (κ2) is 6.42. The molecule has 2 N–H and O–H groups in total. The van der Waals surface area contributed by atoms with E-state index in [0.29, 0.717) is 11.4 Å². The van der Waals surface area contributed by atoms with Gasteiger partial charge < -0.3 is 5.32 Å². The predicted molar refractivity (Wildman–Crippen MR) is 102 cm³/mol. The maximum Gasteiger partial charge on any atom is 0.256 e. The first kappa shape index (κ1) is 16.5. The minimum atomic E-state index is -0.173. The highest BCUT2D eigenvalue weighted by atomic mass is 16.1. The number of anilines is 1. The lowest BCUT2D eigenvalue weighted by molar-refractivity contribution is 0.102. The van der Waals surface area contributed by atoms with Gasteiger partial charge in [0.05, 0.1) is 11.2 Å². The number of aromatic nitrogens is 2. The molecular formula is C21H22N4O. The van der Waals surface area contributed by atoms with Crippen LogP contribution < -0.4 is 5.32 Å². The fourth-order valence-corrected chi connectivity index (χ4v) is 3.50. The van der Waals surface area contributed by atoms with Gasteiger partial charge in [0.2, 0.25) is 0 Å². The summed E-state index contributed by atoms with van der Waals surface area (Å²) in [6.45, 7) is 5.96. The van der Waals surface area contributed by atoms with Crippen LogP contribution in [0, 0.1) is 0 Å². The average molecular weight is 346 g/mol. The Morgan fingerprint density at radius 1 is 1.12 bits per heavy atom. The van der Waals surface area contributed by atoms with Crippen LogP contribution >= 0.6 is 0 Å². The lowest BCUT2D eigenvalue weighted by Crippen LogP contribution is -2.35. The Balaban J connectivity index is 1.56. The minimum absolute atomic E-state index is 0.140. The molecule has 4 rings (SSSR count). The Hall–Kier alpha value is -2.92. The number of hydrogen-bond acceptors (Lipinski definition) is 3. The van der Waals surface area contributed by atoms with Crippen molar-refractivity contribution in [3.63, 3.8) is 0 Å². The van der Waals surface area contributed by atoms with Crippen molar-refractivity contribution >= 4 is 11.7 Å². The van der Waals surface area contributed by atoms with E-state index in [4.69, 9.17) is 0 Å². The van der Waals surface area contributed by atoms with Crippen LogP contribution in [0.3, 0.4) is 0 Å². The molecule has 0 spiro atoms. The fourth-order valence-electron chi connectivity index (χ4n) is 3.50. The molecule has 1 amide bonds. The molecule has 132 valence electrons. The number of carbonyl (C=O) groups is 1. The monoisotopic (exact) mass is 346 g/mol. The molecule has 0 atom stereocenters. The summed E-state index contributed by atoms with van der Waals surface area (Å²) in [7, 11) is 0. The van der Waals surface area contributed by atoms with Crippen molar-refractivity contribution in [1.82, 2.24) is 15.1 Å². The van der Waals surface area contributed by atoms with Crippen LogP contribution in [0.5, 0.6) is 0 Å². The smallest absolute Gasteiger partial charge is 0.256 e. The van der Waals surface area contributed by atoms with E-state index < -0.39 is 0 Å². The topological polar surface area (TPSA) is 61.0 Å². The van der Waals surface area contributed by atoms with Crippen molar-refractivity contribution in [2.24, 2.45) is 0 Å². The molecule has 0 fully saturated rings. The van der Waals surface area contributed by atoms with Gasteiger partial charge in [0, 0.05) is 24.2 Å². The zero-order valence-electron chi connectivity index (χ0n) is 15.0. The molecule has 5 heteroatoms. The van der Waals surface area contributed by atoms with Gasteiger partial charge in [-0.05, 0) is 31.5 Å². The molecule has 0 bridgehead atoms. The highest BCUT2D eigenvalue weighted by Crippen LogP contribution is 2.41. The highest BCUT2D eigenvalue weighted by Gasteiger charge is 2.41. The molecule has 0 radical (unpaired) electrons. The molecule has 0 aliphatic carbocycles. The van der Waals surface area contributed by atoms with Crippen molar-refractivity contribution in [2.45, 2.75) is 32.5 Å². The number of benzene rings is 2. The second-order valence-corrected chi connectivity index (χ2v) is 7.15. The van der Waals surface area contributed by atoms with Crippen LogP contribution in [0.4, 0.5) is 5.82 Å². The van der Waals surface area contributed by atoms with E-state index in [2.05, 4.69) is 58.5 Å². The maximum absolute atomic E-state index is 12.5. The second-order valence-electron chi connectivity index (χ2n) is 7.15. The van der Waals surface area contributed by atoms with Gasteiger partial charge in [-0.25, -0.2) is 0 Å². The van der Waals surface area contributed by atoms with Gasteiger partial charge in [0.25, 0.3) is 5.91 Å². The van der Waals surface area contributed by atoms with Gasteiger partial charge in [0.1, 0.15) is 0 Å². The number of hydrogen-bond donors (Lipinski definition) is 2. The van der Waals surface area contributed by atoms with Crippen LogP contribution in [0.15, 0.2) is 60.7 Å². The Morgan fingerprint density at radius 2 is 1.77 bits per heavy atom. The number of nitrogens with zero attached hydrogens (tertiary/aromatic N) is 2. The third kappa shape index (κ3) is 2.91. The fraction of sp³-hybridized carbons (Fsp3) is 0.238. The van der Waals surface area contributed by atoms with E-state index in [1.807, 2.05) is 24.3 Å². The van der Waals surface area contributed by atoms with Crippen molar-refractivity contribution in [1.29, 1.82) is 0 Å². The number of fused-ring (bicyclic) bond motifs is 1. The first-order valence-electron chi connectivity index (χ1n) is 8.79. The van der Waals surface area contributed by atoms with E-state index in [1.165, 1.54) is 5.56 Å². The molecule has 5 nitrogen and oxygen atoms in total. The number of rotatable bonds is 4. The molecule has 1 aliphatic rings.